The number of carboxylic acids is 1. The van der Waals surface area contributed by atoms with Crippen LogP contribution < -0.4 is 5.11 Å². The standard InChI is InChI=1S/C3H4Cl2O2.Tl/c4-1-2(5)3(6)7;/h2H,1H2,(H,6,7);/q;+1/p-1. The fourth-order valence-electron chi connectivity index (χ4n) is 0.0630. The topological polar surface area (TPSA) is 40.1 Å². The van der Waals surface area contributed by atoms with Crippen molar-refractivity contribution in [3.63, 3.8) is 0 Å². The van der Waals surface area contributed by atoms with Crippen LogP contribution in [-0.2, 0) is 4.79 Å². The van der Waals surface area contributed by atoms with Crippen LogP contribution in [0.15, 0.2) is 0 Å². The van der Waals surface area contributed by atoms with Gasteiger partial charge in [-0.05, 0) is 0 Å². The summed E-state index contributed by atoms with van der Waals surface area (Å²) in [6.07, 6.45) is 0. The van der Waals surface area contributed by atoms with Crippen molar-refractivity contribution in [2.24, 2.45) is 0 Å². The van der Waals surface area contributed by atoms with Crippen LogP contribution in [0.2, 0.25) is 0 Å². The van der Waals surface area contributed by atoms with Gasteiger partial charge < -0.3 is 9.90 Å². The fourth-order valence-corrected chi connectivity index (χ4v) is 0.189. The third kappa shape index (κ3) is 5.12. The molecule has 0 aliphatic carbocycles. The average Bonchev–Trinajstić information content (AvgIpc) is 1.65. The zero-order valence-corrected chi connectivity index (χ0v) is 9.93. The monoisotopic (exact) mass is 346 g/mol. The van der Waals surface area contributed by atoms with Gasteiger partial charge in [-0.2, -0.15) is 0 Å². The Hall–Kier alpha value is 0.972. The van der Waals surface area contributed by atoms with Gasteiger partial charge in [-0.3, -0.25) is 0 Å². The van der Waals surface area contributed by atoms with E-state index in [1.54, 1.807) is 0 Å². The Kier molecular flexibility index (Phi) is 8.94. The maximum absolute atomic E-state index is 9.60. The van der Waals surface area contributed by atoms with Crippen LogP contribution in [0.25, 0.3) is 0 Å². The van der Waals surface area contributed by atoms with E-state index in [0.717, 1.165) is 0 Å². The largest absolute Gasteiger partial charge is 1.00 e. The summed E-state index contributed by atoms with van der Waals surface area (Å²) in [6, 6.07) is 0. The molecule has 0 N–H and O–H groups in total. The second-order valence-electron chi connectivity index (χ2n) is 0.941. The van der Waals surface area contributed by atoms with Crippen molar-refractivity contribution in [1.29, 1.82) is 0 Å². The van der Waals surface area contributed by atoms with Gasteiger partial charge in [0.25, 0.3) is 0 Å². The average molecular weight is 346 g/mol. The summed E-state index contributed by atoms with van der Waals surface area (Å²) >= 11 is 10.0. The zero-order valence-electron chi connectivity index (χ0n) is 3.93. The van der Waals surface area contributed by atoms with Crippen LogP contribution >= 0.6 is 23.2 Å². The summed E-state index contributed by atoms with van der Waals surface area (Å²) in [5.74, 6) is -1.43. The maximum Gasteiger partial charge on any atom is 1.00 e. The molecule has 2 nitrogen and oxygen atoms in total. The van der Waals surface area contributed by atoms with Gasteiger partial charge in [0.05, 0.1) is 11.3 Å². The second-order valence-corrected chi connectivity index (χ2v) is 1.78. The molecule has 0 saturated heterocycles. The van der Waals surface area contributed by atoms with Crippen molar-refractivity contribution in [2.75, 3.05) is 5.88 Å². The first kappa shape index (κ1) is 11.7. The minimum absolute atomic E-state index is 0. The van der Waals surface area contributed by atoms with Crippen molar-refractivity contribution >= 4 is 56.5 Å². The van der Waals surface area contributed by atoms with Crippen molar-refractivity contribution in [3.8, 4) is 0 Å². The number of alkyl halides is 2. The quantitative estimate of drug-likeness (QED) is 0.485. The molecule has 0 aliphatic heterocycles. The SMILES string of the molecule is O=C([O-])C(Cl)CCl.[Tl+]. The molecule has 0 bridgehead atoms. The van der Waals surface area contributed by atoms with E-state index < -0.39 is 11.3 Å². The molecule has 0 fully saturated rings. The van der Waals surface area contributed by atoms with E-state index in [0.29, 0.717) is 0 Å². The number of hydrogen-bond acceptors (Lipinski definition) is 2. The van der Waals surface area contributed by atoms with Crippen LogP contribution in [0, 0.1) is 0 Å². The molecule has 0 amide bonds. The molecule has 0 aliphatic rings. The number of aliphatic carboxylic acids is 1. The van der Waals surface area contributed by atoms with Crippen LogP contribution in [0.5, 0.6) is 0 Å². The number of rotatable bonds is 2. The predicted molar refractivity (Wildman–Crippen MR) is 31.1 cm³/mol. The number of carboxylic acid groups (broad SMARTS) is 1. The Bertz CT molecular complexity index is 77.7. The van der Waals surface area contributed by atoms with E-state index in [-0.39, 0.29) is 33.2 Å². The summed E-state index contributed by atoms with van der Waals surface area (Å²) in [5, 5.41) is 8.55. The van der Waals surface area contributed by atoms with Crippen molar-refractivity contribution in [1.82, 2.24) is 0 Å². The fraction of sp³-hybridized carbons (Fsp3) is 0.667. The molecular formula is C3H3Cl2O2Tl. The smallest absolute Gasteiger partial charge is 0.548 e. The summed E-state index contributed by atoms with van der Waals surface area (Å²) in [7, 11) is 0. The normalized spacial score (nSPS) is 11.8. The van der Waals surface area contributed by atoms with Gasteiger partial charge in [-0.15, -0.1) is 23.2 Å². The summed E-state index contributed by atoms with van der Waals surface area (Å²) < 4.78 is 0. The Morgan fingerprint density at radius 2 is 2.12 bits per heavy atom. The van der Waals surface area contributed by atoms with E-state index >= 15 is 0 Å². The molecule has 44 valence electrons. The van der Waals surface area contributed by atoms with Crippen LogP contribution in [0.3, 0.4) is 0 Å². The Labute approximate surface area is 77.3 Å². The Balaban J connectivity index is 0. The van der Waals surface area contributed by atoms with Crippen molar-refractivity contribution in [3.05, 3.63) is 0 Å². The first-order valence-electron chi connectivity index (χ1n) is 1.59. The zero-order chi connectivity index (χ0) is 5.86. The maximum atomic E-state index is 9.60. The number of carbonyl (C=O) groups is 1. The predicted octanol–water partition coefficient (Wildman–Crippen LogP) is -0.798. The molecule has 8 heavy (non-hydrogen) atoms. The van der Waals surface area contributed by atoms with E-state index in [2.05, 4.69) is 0 Å². The summed E-state index contributed by atoms with van der Waals surface area (Å²) in [4.78, 5) is 9.60. The van der Waals surface area contributed by atoms with Gasteiger partial charge in [0.2, 0.25) is 0 Å². The van der Waals surface area contributed by atoms with Gasteiger partial charge in [-0.25, -0.2) is 0 Å². The first-order chi connectivity index (χ1) is 3.18. The van der Waals surface area contributed by atoms with Crippen LogP contribution in [0.4, 0.5) is 0 Å². The van der Waals surface area contributed by atoms with E-state index in [1.165, 1.54) is 0 Å². The molecule has 0 radical (unpaired) electrons. The molecule has 0 heterocycles. The molecule has 1 atom stereocenters. The third-order valence-corrected chi connectivity index (χ3v) is 1.19. The molecule has 0 aromatic carbocycles. The minimum Gasteiger partial charge on any atom is -0.548 e. The Morgan fingerprint density at radius 1 is 1.75 bits per heavy atom. The number of carbonyl (C=O) groups excluding carboxylic acids is 1. The minimum atomic E-state index is -1.32. The van der Waals surface area contributed by atoms with Gasteiger partial charge in [-0.1, -0.05) is 0 Å². The summed E-state index contributed by atoms with van der Waals surface area (Å²) in [6.45, 7) is 0. The van der Waals surface area contributed by atoms with Crippen molar-refractivity contribution in [2.45, 2.75) is 5.38 Å². The van der Waals surface area contributed by atoms with E-state index in [4.69, 9.17) is 23.2 Å². The summed E-state index contributed by atoms with van der Waals surface area (Å²) in [5.41, 5.74) is 0. The van der Waals surface area contributed by atoms with Crippen LogP contribution in [0.1, 0.15) is 0 Å². The number of halogens is 2. The molecule has 0 aromatic rings. The first-order valence-corrected chi connectivity index (χ1v) is 2.56. The third-order valence-electron chi connectivity index (χ3n) is 0.391. The van der Waals surface area contributed by atoms with Crippen LogP contribution in [-0.4, -0.2) is 44.5 Å². The molecule has 0 saturated carbocycles. The Morgan fingerprint density at radius 3 is 2.12 bits per heavy atom. The molecule has 0 rings (SSSR count). The molecule has 0 spiro atoms. The van der Waals surface area contributed by atoms with Gasteiger partial charge in [0.15, 0.2) is 0 Å². The second kappa shape index (κ2) is 6.10. The van der Waals surface area contributed by atoms with Gasteiger partial charge in [0, 0.05) is 5.88 Å². The molecule has 0 aromatic heterocycles. The molecule has 1 unspecified atom stereocenters. The molecular weight excluding hydrogens is 343 g/mol. The van der Waals surface area contributed by atoms with E-state index in [9.17, 15) is 9.90 Å². The number of hydrogen-bond donors (Lipinski definition) is 0. The van der Waals surface area contributed by atoms with Gasteiger partial charge in [0.1, 0.15) is 0 Å². The van der Waals surface area contributed by atoms with E-state index in [1.807, 2.05) is 0 Å². The molecule has 5 heteroatoms. The van der Waals surface area contributed by atoms with Crippen molar-refractivity contribution < 1.29 is 9.90 Å². The van der Waals surface area contributed by atoms with Gasteiger partial charge >= 0.3 is 27.3 Å².